The fourth-order valence-electron chi connectivity index (χ4n) is 6.09. The highest BCUT2D eigenvalue weighted by atomic mass is 35.5. The van der Waals surface area contributed by atoms with E-state index in [1.807, 2.05) is 39.1 Å². The average molecular weight is 660 g/mol. The molecule has 2 aliphatic rings. The van der Waals surface area contributed by atoms with E-state index in [0.29, 0.717) is 54.0 Å². The van der Waals surface area contributed by atoms with E-state index in [-0.39, 0.29) is 43.3 Å². The van der Waals surface area contributed by atoms with E-state index in [2.05, 4.69) is 29.1 Å². The van der Waals surface area contributed by atoms with Crippen LogP contribution in [0.4, 0.5) is 9.18 Å². The predicted molar refractivity (Wildman–Crippen MR) is 173 cm³/mol. The second kappa shape index (κ2) is 13.3. The third kappa shape index (κ3) is 8.15. The second-order valence-electron chi connectivity index (χ2n) is 13.3. The Kier molecular flexibility index (Phi) is 9.77. The minimum atomic E-state index is -1.41. The lowest BCUT2D eigenvalue weighted by atomic mass is 9.87. The lowest BCUT2D eigenvalue weighted by Crippen LogP contribution is -2.58. The maximum atomic E-state index is 15.7. The maximum Gasteiger partial charge on any atom is 0.410 e. The summed E-state index contributed by atoms with van der Waals surface area (Å²) in [6.45, 7) is 12.1. The van der Waals surface area contributed by atoms with Gasteiger partial charge in [-0.3, -0.25) is 9.69 Å². The van der Waals surface area contributed by atoms with E-state index in [4.69, 9.17) is 27.9 Å². The molecular weight excluding hydrogens is 618 g/mol. The van der Waals surface area contributed by atoms with Crippen molar-refractivity contribution >= 4 is 35.2 Å². The van der Waals surface area contributed by atoms with Gasteiger partial charge >= 0.3 is 6.09 Å². The second-order valence-corrected chi connectivity index (χ2v) is 14.1. The maximum absolute atomic E-state index is 15.7. The van der Waals surface area contributed by atoms with Gasteiger partial charge in [-0.2, -0.15) is 0 Å². The Balaban J connectivity index is 1.18. The van der Waals surface area contributed by atoms with Crippen molar-refractivity contribution < 1.29 is 18.7 Å². The number of alkyl halides is 1. The number of rotatable bonds is 6. The van der Waals surface area contributed by atoms with E-state index < -0.39 is 11.3 Å². The SMILES string of the molecule is C[C@@H]1CN(C(=O)OC(C)(C)C)C[C@H](C)N1Cc1cn(-c2cccc(C(=O)N3CCC(F)(Cc4ccc(Cl)c(Cl)c4)CC3)c2)nn1. The summed E-state index contributed by atoms with van der Waals surface area (Å²) in [6.07, 6.45) is 2.29. The molecule has 2 aliphatic heterocycles. The van der Waals surface area contributed by atoms with E-state index in [0.717, 1.165) is 11.3 Å². The molecule has 3 aromatic rings. The van der Waals surface area contributed by atoms with Crippen molar-refractivity contribution in [2.45, 2.75) is 83.8 Å². The Labute approximate surface area is 274 Å². The Morgan fingerprint density at radius 1 is 1.00 bits per heavy atom. The van der Waals surface area contributed by atoms with Crippen LogP contribution >= 0.6 is 23.2 Å². The van der Waals surface area contributed by atoms with E-state index in [1.165, 1.54) is 0 Å². The molecule has 0 bridgehead atoms. The molecule has 0 N–H and O–H groups in total. The van der Waals surface area contributed by atoms with Gasteiger partial charge < -0.3 is 14.5 Å². The average Bonchev–Trinajstić information content (AvgIpc) is 3.45. The summed E-state index contributed by atoms with van der Waals surface area (Å²) < 4.78 is 22.9. The van der Waals surface area contributed by atoms with Crippen molar-refractivity contribution in [3.05, 3.63) is 75.5 Å². The van der Waals surface area contributed by atoms with Crippen LogP contribution in [0.5, 0.6) is 0 Å². The van der Waals surface area contributed by atoms with Crippen molar-refractivity contribution in [3.8, 4) is 5.69 Å². The molecule has 0 aliphatic carbocycles. The van der Waals surface area contributed by atoms with Gasteiger partial charge in [-0.1, -0.05) is 40.5 Å². The zero-order chi connectivity index (χ0) is 32.5. The van der Waals surface area contributed by atoms with Gasteiger partial charge in [0.05, 0.1) is 27.6 Å². The topological polar surface area (TPSA) is 83.8 Å². The highest BCUT2D eigenvalue weighted by Crippen LogP contribution is 2.33. The molecule has 5 rings (SSSR count). The van der Waals surface area contributed by atoms with Crippen LogP contribution in [0.2, 0.25) is 10.0 Å². The molecule has 0 saturated carbocycles. The van der Waals surface area contributed by atoms with Crippen LogP contribution in [0.3, 0.4) is 0 Å². The quantitative estimate of drug-likeness (QED) is 0.297. The number of carbonyl (C=O) groups is 2. The molecule has 242 valence electrons. The molecule has 2 atom stereocenters. The number of amides is 2. The van der Waals surface area contributed by atoms with Gasteiger partial charge in [0.2, 0.25) is 0 Å². The normalized spacial score (nSPS) is 20.7. The molecule has 2 fully saturated rings. The number of aromatic nitrogens is 3. The standard InChI is InChI=1S/C33H41Cl2FN6O3/c1-22-18-40(31(44)45-32(3,4)5)19-23(2)41(22)20-26-21-42(38-37-26)27-8-6-7-25(16-27)30(43)39-13-11-33(36,12-14-39)17-24-9-10-28(34)29(35)15-24/h6-10,15-16,21-23H,11-14,17-20H2,1-5H3/t22-,23+. The number of benzene rings is 2. The lowest BCUT2D eigenvalue weighted by molar-refractivity contribution is -0.00997. The third-order valence-electron chi connectivity index (χ3n) is 8.45. The molecule has 0 unspecified atom stereocenters. The number of ether oxygens (including phenoxy) is 1. The van der Waals surface area contributed by atoms with Crippen LogP contribution in [-0.4, -0.2) is 91.2 Å². The molecule has 45 heavy (non-hydrogen) atoms. The van der Waals surface area contributed by atoms with Crippen LogP contribution in [0, 0.1) is 0 Å². The first-order valence-electron chi connectivity index (χ1n) is 15.4. The number of piperazine rings is 1. The van der Waals surface area contributed by atoms with Gasteiger partial charge in [-0.25, -0.2) is 13.9 Å². The minimum absolute atomic E-state index is 0.101. The van der Waals surface area contributed by atoms with Gasteiger partial charge in [-0.05, 0) is 83.4 Å². The van der Waals surface area contributed by atoms with E-state index in [1.54, 1.807) is 44.8 Å². The number of halogens is 3. The zero-order valence-electron chi connectivity index (χ0n) is 26.5. The Morgan fingerprint density at radius 3 is 2.33 bits per heavy atom. The number of nitrogens with zero attached hydrogens (tertiary/aromatic N) is 6. The first-order valence-corrected chi connectivity index (χ1v) is 16.1. The highest BCUT2D eigenvalue weighted by Gasteiger charge is 2.37. The first kappa shape index (κ1) is 33.2. The molecule has 2 aromatic carbocycles. The fraction of sp³-hybridized carbons (Fsp3) is 0.515. The molecule has 1 aromatic heterocycles. The van der Waals surface area contributed by atoms with E-state index >= 15 is 4.39 Å². The van der Waals surface area contributed by atoms with Gasteiger partial charge in [0.15, 0.2) is 0 Å². The molecule has 0 spiro atoms. The number of likely N-dealkylation sites (tertiary alicyclic amines) is 1. The summed E-state index contributed by atoms with van der Waals surface area (Å²) in [5.74, 6) is -0.140. The van der Waals surface area contributed by atoms with E-state index in [9.17, 15) is 9.59 Å². The Bertz CT molecular complexity index is 1520. The number of piperidine rings is 1. The van der Waals surface area contributed by atoms with Gasteiger partial charge in [0, 0.05) is 56.8 Å². The van der Waals surface area contributed by atoms with Crippen LogP contribution in [0.25, 0.3) is 5.69 Å². The van der Waals surface area contributed by atoms with Crippen molar-refractivity contribution in [3.63, 3.8) is 0 Å². The number of hydrogen-bond donors (Lipinski definition) is 0. The van der Waals surface area contributed by atoms with Crippen LogP contribution in [0.15, 0.2) is 48.7 Å². The predicted octanol–water partition coefficient (Wildman–Crippen LogP) is 6.59. The van der Waals surface area contributed by atoms with Crippen LogP contribution < -0.4 is 0 Å². The van der Waals surface area contributed by atoms with Crippen molar-refractivity contribution in [1.82, 2.24) is 29.7 Å². The summed E-state index contributed by atoms with van der Waals surface area (Å²) in [7, 11) is 0. The van der Waals surface area contributed by atoms with Crippen molar-refractivity contribution in [2.75, 3.05) is 26.2 Å². The van der Waals surface area contributed by atoms with Crippen molar-refractivity contribution in [1.29, 1.82) is 0 Å². The zero-order valence-corrected chi connectivity index (χ0v) is 28.0. The van der Waals surface area contributed by atoms with Gasteiger partial charge in [-0.15, -0.1) is 5.10 Å². The Morgan fingerprint density at radius 2 is 1.69 bits per heavy atom. The lowest BCUT2D eigenvalue weighted by Gasteiger charge is -2.44. The molecule has 12 heteroatoms. The number of carbonyl (C=O) groups excluding carboxylic acids is 2. The third-order valence-corrected chi connectivity index (χ3v) is 9.19. The molecule has 2 saturated heterocycles. The summed E-state index contributed by atoms with van der Waals surface area (Å²) in [5, 5.41) is 9.58. The summed E-state index contributed by atoms with van der Waals surface area (Å²) in [6, 6.07) is 12.6. The number of hydrogen-bond acceptors (Lipinski definition) is 6. The monoisotopic (exact) mass is 658 g/mol. The smallest absolute Gasteiger partial charge is 0.410 e. The largest absolute Gasteiger partial charge is 0.444 e. The summed E-state index contributed by atoms with van der Waals surface area (Å²) >= 11 is 12.1. The first-order chi connectivity index (χ1) is 21.2. The van der Waals surface area contributed by atoms with Crippen LogP contribution in [-0.2, 0) is 17.7 Å². The van der Waals surface area contributed by atoms with Gasteiger partial charge in [0.1, 0.15) is 11.3 Å². The molecular formula is C33H41Cl2FN6O3. The summed E-state index contributed by atoms with van der Waals surface area (Å²) in [5.41, 5.74) is 0.855. The highest BCUT2D eigenvalue weighted by molar-refractivity contribution is 6.42. The fourth-order valence-corrected chi connectivity index (χ4v) is 6.42. The summed E-state index contributed by atoms with van der Waals surface area (Å²) in [4.78, 5) is 31.8. The van der Waals surface area contributed by atoms with Gasteiger partial charge in [0.25, 0.3) is 5.91 Å². The minimum Gasteiger partial charge on any atom is -0.444 e. The molecule has 3 heterocycles. The Hall–Kier alpha value is -3.21. The molecule has 2 amide bonds. The van der Waals surface area contributed by atoms with Crippen LogP contribution in [0.1, 0.15) is 69.1 Å². The molecule has 0 radical (unpaired) electrons. The van der Waals surface area contributed by atoms with Crippen molar-refractivity contribution in [2.24, 2.45) is 0 Å². The molecule has 9 nitrogen and oxygen atoms in total.